The SMILES string of the molecule is COC(=O)[C@H]1C[C@H](Oc2cc[n+](Cc3ccccc3)cc2)C1. The van der Waals surface area contributed by atoms with Gasteiger partial charge in [-0.15, -0.1) is 0 Å². The van der Waals surface area contributed by atoms with E-state index in [9.17, 15) is 4.79 Å². The van der Waals surface area contributed by atoms with E-state index in [-0.39, 0.29) is 18.0 Å². The Balaban J connectivity index is 1.51. The highest BCUT2D eigenvalue weighted by molar-refractivity contribution is 5.73. The molecule has 2 aromatic rings. The molecule has 0 bridgehead atoms. The third-order valence-electron chi connectivity index (χ3n) is 4.00. The van der Waals surface area contributed by atoms with E-state index in [2.05, 4.69) is 16.7 Å². The Labute approximate surface area is 130 Å². The molecule has 0 unspecified atom stereocenters. The molecule has 3 rings (SSSR count). The highest BCUT2D eigenvalue weighted by Gasteiger charge is 2.36. The summed E-state index contributed by atoms with van der Waals surface area (Å²) in [4.78, 5) is 11.3. The normalized spacial score (nSPS) is 20.0. The van der Waals surface area contributed by atoms with E-state index in [1.54, 1.807) is 0 Å². The number of benzene rings is 1. The average molecular weight is 298 g/mol. The Morgan fingerprint density at radius 3 is 2.45 bits per heavy atom. The van der Waals surface area contributed by atoms with Crippen LogP contribution in [-0.4, -0.2) is 19.2 Å². The third-order valence-corrected chi connectivity index (χ3v) is 4.00. The van der Waals surface area contributed by atoms with Gasteiger partial charge in [-0.1, -0.05) is 30.3 Å². The van der Waals surface area contributed by atoms with Crippen molar-refractivity contribution < 1.29 is 18.8 Å². The van der Waals surface area contributed by atoms with Crippen LogP contribution in [0.15, 0.2) is 54.9 Å². The summed E-state index contributed by atoms with van der Waals surface area (Å²) in [6, 6.07) is 14.3. The van der Waals surface area contributed by atoms with E-state index in [0.717, 1.165) is 25.1 Å². The molecule has 0 saturated heterocycles. The van der Waals surface area contributed by atoms with Crippen LogP contribution in [0.2, 0.25) is 0 Å². The Morgan fingerprint density at radius 1 is 1.14 bits per heavy atom. The number of rotatable bonds is 5. The van der Waals surface area contributed by atoms with Crippen molar-refractivity contribution in [1.82, 2.24) is 0 Å². The number of esters is 1. The van der Waals surface area contributed by atoms with Crippen LogP contribution in [0, 0.1) is 5.92 Å². The minimum atomic E-state index is -0.131. The highest BCUT2D eigenvalue weighted by atomic mass is 16.5. The second-order valence-corrected chi connectivity index (χ2v) is 5.62. The molecule has 1 fully saturated rings. The fraction of sp³-hybridized carbons (Fsp3) is 0.333. The Kier molecular flexibility index (Phi) is 4.37. The first-order chi connectivity index (χ1) is 10.7. The van der Waals surface area contributed by atoms with Gasteiger partial charge in [-0.2, -0.15) is 0 Å². The first kappa shape index (κ1) is 14.6. The van der Waals surface area contributed by atoms with E-state index in [0.29, 0.717) is 0 Å². The molecule has 0 aliphatic heterocycles. The zero-order chi connectivity index (χ0) is 15.4. The molecular formula is C18H20NO3+. The zero-order valence-electron chi connectivity index (χ0n) is 12.6. The predicted octanol–water partition coefficient (Wildman–Crippen LogP) is 2.35. The van der Waals surface area contributed by atoms with Gasteiger partial charge in [0, 0.05) is 17.7 Å². The molecule has 4 nitrogen and oxygen atoms in total. The number of nitrogens with zero attached hydrogens (tertiary/aromatic N) is 1. The third kappa shape index (κ3) is 3.45. The topological polar surface area (TPSA) is 39.4 Å². The van der Waals surface area contributed by atoms with Crippen molar-refractivity contribution in [2.24, 2.45) is 5.92 Å². The number of aromatic nitrogens is 1. The molecule has 0 atom stereocenters. The molecule has 1 aliphatic rings. The van der Waals surface area contributed by atoms with Crippen molar-refractivity contribution in [3.63, 3.8) is 0 Å². The summed E-state index contributed by atoms with van der Waals surface area (Å²) in [5, 5.41) is 0. The van der Waals surface area contributed by atoms with Crippen molar-refractivity contribution >= 4 is 5.97 Å². The van der Waals surface area contributed by atoms with E-state index in [4.69, 9.17) is 9.47 Å². The molecule has 1 aromatic carbocycles. The fourth-order valence-corrected chi connectivity index (χ4v) is 2.64. The lowest BCUT2D eigenvalue weighted by atomic mass is 9.82. The highest BCUT2D eigenvalue weighted by Crippen LogP contribution is 2.31. The fourth-order valence-electron chi connectivity index (χ4n) is 2.64. The van der Waals surface area contributed by atoms with Crippen LogP contribution in [-0.2, 0) is 16.1 Å². The summed E-state index contributed by atoms with van der Waals surface area (Å²) >= 11 is 0. The van der Waals surface area contributed by atoms with Gasteiger partial charge in [-0.05, 0) is 12.8 Å². The van der Waals surface area contributed by atoms with Crippen molar-refractivity contribution in [3.8, 4) is 5.75 Å². The van der Waals surface area contributed by atoms with Gasteiger partial charge in [0.1, 0.15) is 11.9 Å². The molecule has 0 spiro atoms. The van der Waals surface area contributed by atoms with E-state index >= 15 is 0 Å². The van der Waals surface area contributed by atoms with Gasteiger partial charge in [0.05, 0.1) is 13.0 Å². The zero-order valence-corrected chi connectivity index (χ0v) is 12.6. The minimum Gasteiger partial charge on any atom is -0.490 e. The second kappa shape index (κ2) is 6.60. The van der Waals surface area contributed by atoms with Crippen LogP contribution in [0.25, 0.3) is 0 Å². The first-order valence-electron chi connectivity index (χ1n) is 7.52. The van der Waals surface area contributed by atoms with Gasteiger partial charge in [0.15, 0.2) is 18.9 Å². The number of methoxy groups -OCH3 is 1. The maximum absolute atomic E-state index is 11.3. The molecule has 0 radical (unpaired) electrons. The Morgan fingerprint density at radius 2 is 1.82 bits per heavy atom. The number of carbonyl (C=O) groups is 1. The second-order valence-electron chi connectivity index (χ2n) is 5.62. The summed E-state index contributed by atoms with van der Waals surface area (Å²) in [7, 11) is 1.43. The molecule has 1 aliphatic carbocycles. The van der Waals surface area contributed by atoms with Crippen LogP contribution in [0.3, 0.4) is 0 Å². The molecule has 0 N–H and O–H groups in total. The van der Waals surface area contributed by atoms with Crippen molar-refractivity contribution in [1.29, 1.82) is 0 Å². The average Bonchev–Trinajstić information content (AvgIpc) is 2.52. The Hall–Kier alpha value is -2.36. The van der Waals surface area contributed by atoms with Gasteiger partial charge in [-0.3, -0.25) is 4.79 Å². The first-order valence-corrected chi connectivity index (χ1v) is 7.52. The quantitative estimate of drug-likeness (QED) is 0.628. The van der Waals surface area contributed by atoms with Gasteiger partial charge < -0.3 is 9.47 Å². The molecule has 22 heavy (non-hydrogen) atoms. The van der Waals surface area contributed by atoms with Crippen LogP contribution in [0.1, 0.15) is 18.4 Å². The van der Waals surface area contributed by atoms with Crippen molar-refractivity contribution in [2.75, 3.05) is 7.11 Å². The molecule has 114 valence electrons. The summed E-state index contributed by atoms with van der Waals surface area (Å²) in [5.74, 6) is 0.716. The molecule has 1 saturated carbocycles. The lowest BCUT2D eigenvalue weighted by Crippen LogP contribution is -2.39. The molecule has 4 heteroatoms. The van der Waals surface area contributed by atoms with Crippen LogP contribution in [0.4, 0.5) is 0 Å². The Bertz CT molecular complexity index is 619. The smallest absolute Gasteiger partial charge is 0.308 e. The predicted molar refractivity (Wildman–Crippen MR) is 81.3 cm³/mol. The van der Waals surface area contributed by atoms with Gasteiger partial charge in [0.2, 0.25) is 0 Å². The van der Waals surface area contributed by atoms with Gasteiger partial charge in [0.25, 0.3) is 0 Å². The van der Waals surface area contributed by atoms with Crippen LogP contribution >= 0.6 is 0 Å². The maximum atomic E-state index is 11.3. The van der Waals surface area contributed by atoms with E-state index < -0.39 is 0 Å². The van der Waals surface area contributed by atoms with Gasteiger partial charge in [-0.25, -0.2) is 4.57 Å². The van der Waals surface area contributed by atoms with E-state index in [1.807, 2.05) is 42.7 Å². The number of hydrogen-bond donors (Lipinski definition) is 0. The standard InChI is InChI=1S/C18H20NO3/c1-21-18(20)15-11-17(12-15)22-16-7-9-19(10-8-16)13-14-5-3-2-4-6-14/h2-10,15,17H,11-13H2,1H3/q+1/t15-,17-. The van der Waals surface area contributed by atoms with Crippen molar-refractivity contribution in [2.45, 2.75) is 25.5 Å². The lowest BCUT2D eigenvalue weighted by Gasteiger charge is -2.33. The summed E-state index contributed by atoms with van der Waals surface area (Å²) in [6.45, 7) is 0.842. The monoisotopic (exact) mass is 298 g/mol. The van der Waals surface area contributed by atoms with E-state index in [1.165, 1.54) is 12.7 Å². The molecule has 1 aromatic heterocycles. The maximum Gasteiger partial charge on any atom is 0.308 e. The molecular weight excluding hydrogens is 278 g/mol. The van der Waals surface area contributed by atoms with Crippen molar-refractivity contribution in [3.05, 3.63) is 60.4 Å². The molecule has 1 heterocycles. The number of carbonyl (C=O) groups excluding carboxylic acids is 1. The van der Waals surface area contributed by atoms with Gasteiger partial charge >= 0.3 is 5.97 Å². The lowest BCUT2D eigenvalue weighted by molar-refractivity contribution is -0.688. The number of ether oxygens (including phenoxy) is 2. The largest absolute Gasteiger partial charge is 0.490 e. The summed E-state index contributed by atoms with van der Waals surface area (Å²) in [5.41, 5.74) is 1.26. The van der Waals surface area contributed by atoms with Crippen LogP contribution < -0.4 is 9.30 Å². The number of hydrogen-bond acceptors (Lipinski definition) is 3. The summed E-state index contributed by atoms with van der Waals surface area (Å²) in [6.07, 6.45) is 5.63. The summed E-state index contributed by atoms with van der Waals surface area (Å²) < 4.78 is 12.7. The number of pyridine rings is 1. The van der Waals surface area contributed by atoms with Crippen LogP contribution in [0.5, 0.6) is 5.75 Å². The molecule has 0 amide bonds. The minimum absolute atomic E-state index is 0.00160.